The molecule has 0 bridgehead atoms. The SMILES string of the molecule is CSc1ccc(OCCOCI)nc1. The predicted molar refractivity (Wildman–Crippen MR) is 66.4 cm³/mol. The van der Waals surface area contributed by atoms with Crippen molar-refractivity contribution < 1.29 is 9.47 Å². The molecule has 1 heterocycles. The molecule has 0 aliphatic heterocycles. The number of aromatic nitrogens is 1. The molecular formula is C9H12INO2S. The molecule has 1 aromatic heterocycles. The lowest BCUT2D eigenvalue weighted by atomic mass is 10.5. The molecule has 0 atom stereocenters. The van der Waals surface area contributed by atoms with Gasteiger partial charge < -0.3 is 9.47 Å². The van der Waals surface area contributed by atoms with Gasteiger partial charge in [-0.15, -0.1) is 11.8 Å². The van der Waals surface area contributed by atoms with Crippen molar-refractivity contribution in [3.63, 3.8) is 0 Å². The number of hydrogen-bond donors (Lipinski definition) is 0. The first-order valence-corrected chi connectivity index (χ1v) is 6.88. The van der Waals surface area contributed by atoms with Gasteiger partial charge in [0.15, 0.2) is 0 Å². The van der Waals surface area contributed by atoms with E-state index in [0.717, 1.165) is 4.90 Å². The number of nitrogens with zero attached hydrogens (tertiary/aromatic N) is 1. The maximum atomic E-state index is 5.36. The van der Waals surface area contributed by atoms with E-state index in [1.54, 1.807) is 18.0 Å². The van der Waals surface area contributed by atoms with Gasteiger partial charge in [-0.05, 0) is 12.3 Å². The Morgan fingerprint density at radius 2 is 2.29 bits per heavy atom. The summed E-state index contributed by atoms with van der Waals surface area (Å²) >= 11 is 3.82. The van der Waals surface area contributed by atoms with E-state index >= 15 is 0 Å². The van der Waals surface area contributed by atoms with E-state index in [4.69, 9.17) is 9.47 Å². The summed E-state index contributed by atoms with van der Waals surface area (Å²) < 4.78 is 11.2. The zero-order valence-corrected chi connectivity index (χ0v) is 10.9. The number of hydrogen-bond acceptors (Lipinski definition) is 4. The summed E-state index contributed by atoms with van der Waals surface area (Å²) in [6.07, 6.45) is 3.82. The normalized spacial score (nSPS) is 10.1. The Bertz CT molecular complexity index is 255. The van der Waals surface area contributed by atoms with Crippen molar-refractivity contribution in [2.75, 3.05) is 24.1 Å². The number of rotatable bonds is 6. The Morgan fingerprint density at radius 1 is 1.43 bits per heavy atom. The van der Waals surface area contributed by atoms with E-state index in [1.807, 2.05) is 18.4 Å². The fourth-order valence-corrected chi connectivity index (χ4v) is 1.51. The summed E-state index contributed by atoms with van der Waals surface area (Å²) in [5, 5.41) is 0. The van der Waals surface area contributed by atoms with Gasteiger partial charge in [0.25, 0.3) is 0 Å². The van der Waals surface area contributed by atoms with Crippen molar-refractivity contribution in [2.24, 2.45) is 0 Å². The van der Waals surface area contributed by atoms with Crippen molar-refractivity contribution in [1.82, 2.24) is 4.98 Å². The van der Waals surface area contributed by atoms with Gasteiger partial charge in [-0.2, -0.15) is 0 Å². The van der Waals surface area contributed by atoms with Crippen LogP contribution in [0.5, 0.6) is 5.88 Å². The Balaban J connectivity index is 2.29. The van der Waals surface area contributed by atoms with Crippen LogP contribution in [0.3, 0.4) is 0 Å². The van der Waals surface area contributed by atoms with Gasteiger partial charge in [-0.1, -0.05) is 22.6 Å². The Hall–Kier alpha value is -0.0100. The van der Waals surface area contributed by atoms with Crippen LogP contribution in [0.25, 0.3) is 0 Å². The number of thioether (sulfide) groups is 1. The van der Waals surface area contributed by atoms with Crippen LogP contribution in [0.1, 0.15) is 0 Å². The standard InChI is InChI=1S/C9H12INO2S/c1-14-8-2-3-9(11-6-8)13-5-4-12-7-10/h2-3,6H,4-5,7H2,1H3. The van der Waals surface area contributed by atoms with Gasteiger partial charge in [-0.3, -0.25) is 0 Å². The molecule has 0 radical (unpaired) electrons. The molecule has 0 spiro atoms. The van der Waals surface area contributed by atoms with Gasteiger partial charge in [0.05, 0.1) is 11.2 Å². The van der Waals surface area contributed by atoms with Crippen molar-refractivity contribution in [2.45, 2.75) is 4.90 Å². The third-order valence-electron chi connectivity index (χ3n) is 1.50. The maximum Gasteiger partial charge on any atom is 0.213 e. The van der Waals surface area contributed by atoms with Crippen LogP contribution in [0, 0.1) is 0 Å². The minimum Gasteiger partial charge on any atom is -0.475 e. The lowest BCUT2D eigenvalue weighted by Gasteiger charge is -2.04. The maximum absolute atomic E-state index is 5.36. The summed E-state index contributed by atoms with van der Waals surface area (Å²) in [6.45, 7) is 1.16. The van der Waals surface area contributed by atoms with E-state index in [0.29, 0.717) is 23.7 Å². The van der Waals surface area contributed by atoms with E-state index in [2.05, 4.69) is 27.6 Å². The molecule has 78 valence electrons. The van der Waals surface area contributed by atoms with E-state index in [1.165, 1.54) is 0 Å². The molecule has 0 amide bonds. The van der Waals surface area contributed by atoms with Crippen molar-refractivity contribution in [3.8, 4) is 5.88 Å². The molecule has 3 nitrogen and oxygen atoms in total. The number of halogens is 1. The highest BCUT2D eigenvalue weighted by molar-refractivity contribution is 14.1. The molecule has 5 heteroatoms. The zero-order valence-electron chi connectivity index (χ0n) is 7.90. The minimum atomic E-state index is 0.550. The molecule has 0 aromatic carbocycles. The molecule has 0 fully saturated rings. The summed E-state index contributed by atoms with van der Waals surface area (Å²) in [5.74, 6) is 0.653. The molecular weight excluding hydrogens is 313 g/mol. The van der Waals surface area contributed by atoms with Crippen LogP contribution in [0.15, 0.2) is 23.2 Å². The lowest BCUT2D eigenvalue weighted by Crippen LogP contribution is -2.06. The summed E-state index contributed by atoms with van der Waals surface area (Å²) in [6, 6.07) is 3.86. The number of ether oxygens (including phenoxy) is 2. The molecule has 0 N–H and O–H groups in total. The van der Waals surface area contributed by atoms with Crippen LogP contribution in [-0.2, 0) is 4.74 Å². The fourth-order valence-electron chi connectivity index (χ4n) is 0.833. The third-order valence-corrected chi connectivity index (χ3v) is 2.65. The van der Waals surface area contributed by atoms with E-state index < -0.39 is 0 Å². The van der Waals surface area contributed by atoms with E-state index in [9.17, 15) is 0 Å². The minimum absolute atomic E-state index is 0.550. The fraction of sp³-hybridized carbons (Fsp3) is 0.444. The summed E-state index contributed by atoms with van der Waals surface area (Å²) in [5.41, 5.74) is 0. The Labute approximate surface area is 102 Å². The van der Waals surface area contributed by atoms with Crippen LogP contribution in [-0.4, -0.2) is 29.1 Å². The van der Waals surface area contributed by atoms with Gasteiger partial charge in [0, 0.05) is 17.2 Å². The second kappa shape index (κ2) is 7.30. The molecule has 14 heavy (non-hydrogen) atoms. The highest BCUT2D eigenvalue weighted by Crippen LogP contribution is 2.15. The van der Waals surface area contributed by atoms with Crippen LogP contribution in [0.2, 0.25) is 0 Å². The largest absolute Gasteiger partial charge is 0.475 e. The lowest BCUT2D eigenvalue weighted by molar-refractivity contribution is 0.138. The van der Waals surface area contributed by atoms with Crippen molar-refractivity contribution in [1.29, 1.82) is 0 Å². The van der Waals surface area contributed by atoms with Crippen LogP contribution in [0.4, 0.5) is 0 Å². The monoisotopic (exact) mass is 325 g/mol. The van der Waals surface area contributed by atoms with Crippen LogP contribution >= 0.6 is 34.4 Å². The van der Waals surface area contributed by atoms with Gasteiger partial charge in [0.1, 0.15) is 6.61 Å². The summed E-state index contributed by atoms with van der Waals surface area (Å²) in [7, 11) is 0. The second-order valence-electron chi connectivity index (χ2n) is 2.40. The van der Waals surface area contributed by atoms with Crippen LogP contribution < -0.4 is 4.74 Å². The molecule has 1 aromatic rings. The van der Waals surface area contributed by atoms with Crippen molar-refractivity contribution in [3.05, 3.63) is 18.3 Å². The topological polar surface area (TPSA) is 31.4 Å². The van der Waals surface area contributed by atoms with Gasteiger partial charge in [-0.25, -0.2) is 4.98 Å². The predicted octanol–water partition coefficient (Wildman–Crippen LogP) is 2.59. The second-order valence-corrected chi connectivity index (χ2v) is 3.90. The molecule has 0 aliphatic carbocycles. The Kier molecular flexibility index (Phi) is 6.29. The first kappa shape index (κ1) is 12.1. The highest BCUT2D eigenvalue weighted by Gasteiger charge is 1.95. The molecule has 0 saturated carbocycles. The quantitative estimate of drug-likeness (QED) is 0.348. The Morgan fingerprint density at radius 3 is 2.86 bits per heavy atom. The highest BCUT2D eigenvalue weighted by atomic mass is 127. The smallest absolute Gasteiger partial charge is 0.213 e. The molecule has 0 unspecified atom stereocenters. The molecule has 1 rings (SSSR count). The number of pyridine rings is 1. The average Bonchev–Trinajstić information content (AvgIpc) is 2.25. The van der Waals surface area contributed by atoms with Gasteiger partial charge in [0.2, 0.25) is 5.88 Å². The molecule has 0 saturated heterocycles. The first-order chi connectivity index (χ1) is 6.86. The average molecular weight is 325 g/mol. The zero-order chi connectivity index (χ0) is 10.2. The number of alkyl halides is 1. The summed E-state index contributed by atoms with van der Waals surface area (Å²) in [4.78, 5) is 5.29. The van der Waals surface area contributed by atoms with Gasteiger partial charge >= 0.3 is 0 Å². The van der Waals surface area contributed by atoms with E-state index in [-0.39, 0.29) is 0 Å². The third kappa shape index (κ3) is 4.47. The first-order valence-electron chi connectivity index (χ1n) is 4.13. The van der Waals surface area contributed by atoms with Crippen molar-refractivity contribution >= 4 is 34.4 Å². The molecule has 0 aliphatic rings.